The maximum atomic E-state index is 11.7. The Bertz CT molecular complexity index is 715. The molecule has 0 radical (unpaired) electrons. The van der Waals surface area contributed by atoms with Crippen molar-refractivity contribution in [2.45, 2.75) is 12.8 Å². The summed E-state index contributed by atoms with van der Waals surface area (Å²) >= 11 is 0. The zero-order valence-corrected chi connectivity index (χ0v) is 13.3. The number of fused-ring (bicyclic) bond motifs is 1. The molecule has 0 fully saturated rings. The molecule has 0 saturated heterocycles. The smallest absolute Gasteiger partial charge is 0.251 e. The van der Waals surface area contributed by atoms with Gasteiger partial charge in [0.15, 0.2) is 0 Å². The molecule has 0 aliphatic carbocycles. The van der Waals surface area contributed by atoms with Crippen molar-refractivity contribution in [3.05, 3.63) is 53.3 Å². The van der Waals surface area contributed by atoms with Gasteiger partial charge in [-0.3, -0.25) is 9.78 Å². The third-order valence-electron chi connectivity index (χ3n) is 4.06. The second-order valence-corrected chi connectivity index (χ2v) is 5.67. The largest absolute Gasteiger partial charge is 0.497 e. The molecule has 0 saturated carbocycles. The molecule has 120 valence electrons. The van der Waals surface area contributed by atoms with Crippen LogP contribution in [0, 0.1) is 5.92 Å². The fraction of sp³-hybridized carbons (Fsp3) is 0.333. The first-order valence-corrected chi connectivity index (χ1v) is 7.66. The lowest BCUT2D eigenvalue weighted by Gasteiger charge is -2.25. The van der Waals surface area contributed by atoms with Gasteiger partial charge in [0.1, 0.15) is 11.5 Å². The van der Waals surface area contributed by atoms with Crippen molar-refractivity contribution in [2.24, 2.45) is 5.92 Å². The van der Waals surface area contributed by atoms with Gasteiger partial charge in [0.05, 0.1) is 13.7 Å². The minimum absolute atomic E-state index is 0.0917. The number of rotatable bonds is 4. The topological polar surface area (TPSA) is 60.5 Å². The van der Waals surface area contributed by atoms with E-state index in [1.807, 2.05) is 18.2 Å². The Morgan fingerprint density at radius 3 is 3.04 bits per heavy atom. The minimum atomic E-state index is -0.0917. The number of aromatic nitrogens is 1. The van der Waals surface area contributed by atoms with E-state index in [0.29, 0.717) is 18.1 Å². The average Bonchev–Trinajstić information content (AvgIpc) is 2.60. The molecule has 1 atom stereocenters. The molecule has 1 N–H and O–H groups in total. The van der Waals surface area contributed by atoms with Crippen molar-refractivity contribution in [1.29, 1.82) is 0 Å². The summed E-state index contributed by atoms with van der Waals surface area (Å²) in [5.41, 5.74) is 2.74. The van der Waals surface area contributed by atoms with Crippen LogP contribution in [0.2, 0.25) is 0 Å². The van der Waals surface area contributed by atoms with Crippen LogP contribution in [0.25, 0.3) is 0 Å². The fourth-order valence-electron chi connectivity index (χ4n) is 2.84. The standard InChI is InChI=1S/C18H20N2O3/c1-19-18(21)14-5-6-20-15(9-14)8-12-7-13-3-4-16(22-2)10-17(13)23-11-12/h3-6,9-10,12H,7-8,11H2,1-2H3,(H,19,21)/t12-/m1/s1. The lowest BCUT2D eigenvalue weighted by atomic mass is 9.92. The summed E-state index contributed by atoms with van der Waals surface area (Å²) in [6, 6.07) is 9.50. The molecule has 3 rings (SSSR count). The second kappa shape index (κ2) is 6.69. The summed E-state index contributed by atoms with van der Waals surface area (Å²) in [6.45, 7) is 0.645. The molecule has 1 aliphatic rings. The van der Waals surface area contributed by atoms with E-state index in [1.165, 1.54) is 5.56 Å². The molecular formula is C18H20N2O3. The Morgan fingerprint density at radius 2 is 2.26 bits per heavy atom. The van der Waals surface area contributed by atoms with Gasteiger partial charge in [-0.2, -0.15) is 0 Å². The predicted octanol–water partition coefficient (Wildman–Crippen LogP) is 2.24. The molecule has 1 amide bonds. The molecule has 0 spiro atoms. The van der Waals surface area contributed by atoms with Crippen LogP contribution >= 0.6 is 0 Å². The summed E-state index contributed by atoms with van der Waals surface area (Å²) in [4.78, 5) is 16.1. The Hall–Kier alpha value is -2.56. The highest BCUT2D eigenvalue weighted by Gasteiger charge is 2.21. The van der Waals surface area contributed by atoms with E-state index >= 15 is 0 Å². The second-order valence-electron chi connectivity index (χ2n) is 5.67. The third kappa shape index (κ3) is 3.44. The van der Waals surface area contributed by atoms with Gasteiger partial charge in [-0.15, -0.1) is 0 Å². The first kappa shape index (κ1) is 15.3. The van der Waals surface area contributed by atoms with E-state index in [1.54, 1.807) is 26.4 Å². The van der Waals surface area contributed by atoms with Gasteiger partial charge in [-0.25, -0.2) is 0 Å². The van der Waals surface area contributed by atoms with Crippen LogP contribution in [0.3, 0.4) is 0 Å². The number of amides is 1. The molecule has 0 unspecified atom stereocenters. The number of nitrogens with one attached hydrogen (secondary N) is 1. The third-order valence-corrected chi connectivity index (χ3v) is 4.06. The summed E-state index contributed by atoms with van der Waals surface area (Å²) < 4.78 is 11.1. The summed E-state index contributed by atoms with van der Waals surface area (Å²) in [5, 5.41) is 2.63. The molecule has 2 aromatic rings. The van der Waals surface area contributed by atoms with E-state index in [9.17, 15) is 4.79 Å². The van der Waals surface area contributed by atoms with E-state index in [2.05, 4.69) is 16.4 Å². The van der Waals surface area contributed by atoms with Crippen LogP contribution in [-0.2, 0) is 12.8 Å². The van der Waals surface area contributed by atoms with E-state index in [4.69, 9.17) is 9.47 Å². The maximum absolute atomic E-state index is 11.7. The predicted molar refractivity (Wildman–Crippen MR) is 87.0 cm³/mol. The normalized spacial score (nSPS) is 16.2. The number of benzene rings is 1. The van der Waals surface area contributed by atoms with Crippen molar-refractivity contribution < 1.29 is 14.3 Å². The fourth-order valence-corrected chi connectivity index (χ4v) is 2.84. The van der Waals surface area contributed by atoms with E-state index in [-0.39, 0.29) is 5.91 Å². The Kier molecular flexibility index (Phi) is 4.46. The van der Waals surface area contributed by atoms with Gasteiger partial charge in [-0.1, -0.05) is 6.07 Å². The molecular weight excluding hydrogens is 292 g/mol. The zero-order valence-electron chi connectivity index (χ0n) is 13.3. The highest BCUT2D eigenvalue weighted by atomic mass is 16.5. The number of carbonyl (C=O) groups is 1. The lowest BCUT2D eigenvalue weighted by Crippen LogP contribution is -2.23. The van der Waals surface area contributed by atoms with E-state index in [0.717, 1.165) is 30.0 Å². The van der Waals surface area contributed by atoms with Crippen molar-refractivity contribution in [3.8, 4) is 11.5 Å². The van der Waals surface area contributed by atoms with Gasteiger partial charge >= 0.3 is 0 Å². The molecule has 1 aromatic heterocycles. The Morgan fingerprint density at radius 1 is 1.39 bits per heavy atom. The SMILES string of the molecule is CNC(=O)c1ccnc(C[C@@H]2COc3cc(OC)ccc3C2)c1. The Balaban J connectivity index is 1.71. The van der Waals surface area contributed by atoms with Crippen LogP contribution in [0.1, 0.15) is 21.6 Å². The van der Waals surface area contributed by atoms with E-state index < -0.39 is 0 Å². The molecule has 1 aromatic carbocycles. The summed E-state index contributed by atoms with van der Waals surface area (Å²) in [6.07, 6.45) is 3.41. The number of nitrogens with zero attached hydrogens (tertiary/aromatic N) is 1. The van der Waals surface area contributed by atoms with Crippen LogP contribution in [-0.4, -0.2) is 31.7 Å². The number of hydrogen-bond acceptors (Lipinski definition) is 4. The van der Waals surface area contributed by atoms with Gasteiger partial charge < -0.3 is 14.8 Å². The van der Waals surface area contributed by atoms with Crippen LogP contribution in [0.15, 0.2) is 36.5 Å². The van der Waals surface area contributed by atoms with Crippen molar-refractivity contribution >= 4 is 5.91 Å². The molecule has 1 aliphatic heterocycles. The first-order chi connectivity index (χ1) is 11.2. The van der Waals surface area contributed by atoms with Crippen molar-refractivity contribution in [1.82, 2.24) is 10.3 Å². The average molecular weight is 312 g/mol. The van der Waals surface area contributed by atoms with Gasteiger partial charge in [0.2, 0.25) is 0 Å². The van der Waals surface area contributed by atoms with Gasteiger partial charge in [0.25, 0.3) is 5.91 Å². The number of pyridine rings is 1. The van der Waals surface area contributed by atoms with Crippen LogP contribution < -0.4 is 14.8 Å². The lowest BCUT2D eigenvalue weighted by molar-refractivity contribution is 0.0963. The minimum Gasteiger partial charge on any atom is -0.497 e. The Labute approximate surface area is 135 Å². The zero-order chi connectivity index (χ0) is 16.2. The monoisotopic (exact) mass is 312 g/mol. The number of methoxy groups -OCH3 is 1. The van der Waals surface area contributed by atoms with Crippen LogP contribution in [0.4, 0.5) is 0 Å². The highest BCUT2D eigenvalue weighted by molar-refractivity contribution is 5.93. The molecule has 23 heavy (non-hydrogen) atoms. The molecule has 2 heterocycles. The maximum Gasteiger partial charge on any atom is 0.251 e. The molecule has 0 bridgehead atoms. The summed E-state index contributed by atoms with van der Waals surface area (Å²) in [5.74, 6) is 1.96. The van der Waals surface area contributed by atoms with Gasteiger partial charge in [0, 0.05) is 36.5 Å². The summed E-state index contributed by atoms with van der Waals surface area (Å²) in [7, 11) is 3.28. The number of carbonyl (C=O) groups excluding carboxylic acids is 1. The van der Waals surface area contributed by atoms with Crippen molar-refractivity contribution in [2.75, 3.05) is 20.8 Å². The molecule has 5 nitrogen and oxygen atoms in total. The first-order valence-electron chi connectivity index (χ1n) is 7.66. The number of ether oxygens (including phenoxy) is 2. The molecule has 5 heteroatoms. The van der Waals surface area contributed by atoms with Crippen molar-refractivity contribution in [3.63, 3.8) is 0 Å². The highest BCUT2D eigenvalue weighted by Crippen LogP contribution is 2.31. The quantitative estimate of drug-likeness (QED) is 0.940. The number of hydrogen-bond donors (Lipinski definition) is 1. The van der Waals surface area contributed by atoms with Gasteiger partial charge in [-0.05, 0) is 36.6 Å². The van der Waals surface area contributed by atoms with Crippen LogP contribution in [0.5, 0.6) is 11.5 Å².